The first-order valence-electron chi connectivity index (χ1n) is 6.98. The molecule has 6 nitrogen and oxygen atoms in total. The maximum atomic E-state index is 12.1. The normalized spacial score (nSPS) is 15.2. The summed E-state index contributed by atoms with van der Waals surface area (Å²) in [6, 6.07) is 7.35. The first-order chi connectivity index (χ1) is 10.1. The highest BCUT2D eigenvalue weighted by Crippen LogP contribution is 2.18. The summed E-state index contributed by atoms with van der Waals surface area (Å²) in [4.78, 5) is 25.5. The summed E-state index contributed by atoms with van der Waals surface area (Å²) in [5.41, 5.74) is 8.04. The number of nitrogens with two attached hydrogens (primary N) is 1. The molecule has 2 amide bonds. The van der Waals surface area contributed by atoms with E-state index in [-0.39, 0.29) is 25.0 Å². The number of amides is 2. The van der Waals surface area contributed by atoms with Crippen LogP contribution in [0.3, 0.4) is 0 Å². The van der Waals surface area contributed by atoms with Gasteiger partial charge in [0.15, 0.2) is 0 Å². The Labute approximate surface area is 124 Å². The monoisotopic (exact) mass is 291 g/mol. The lowest BCUT2D eigenvalue weighted by atomic mass is 10.00. The first-order valence-corrected chi connectivity index (χ1v) is 6.98. The van der Waals surface area contributed by atoms with Crippen LogP contribution in [-0.2, 0) is 27.3 Å². The van der Waals surface area contributed by atoms with Gasteiger partial charge in [0.1, 0.15) is 6.04 Å². The zero-order valence-electron chi connectivity index (χ0n) is 12.2. The van der Waals surface area contributed by atoms with Gasteiger partial charge < -0.3 is 20.7 Å². The molecule has 1 atom stereocenters. The van der Waals surface area contributed by atoms with Crippen molar-refractivity contribution in [2.45, 2.75) is 19.0 Å². The second-order valence-electron chi connectivity index (χ2n) is 5.11. The largest absolute Gasteiger partial charge is 0.383 e. The van der Waals surface area contributed by atoms with E-state index in [1.807, 2.05) is 18.2 Å². The van der Waals surface area contributed by atoms with E-state index in [9.17, 15) is 9.59 Å². The molecule has 0 aliphatic carbocycles. The minimum absolute atomic E-state index is 0.0294. The number of methoxy groups -OCH3 is 1. The number of fused-ring (bicyclic) bond motifs is 1. The van der Waals surface area contributed by atoms with Crippen LogP contribution in [0.1, 0.15) is 11.1 Å². The van der Waals surface area contributed by atoms with Gasteiger partial charge in [0.2, 0.25) is 11.8 Å². The number of benzene rings is 1. The highest BCUT2D eigenvalue weighted by atomic mass is 16.5. The minimum atomic E-state index is -0.745. The molecule has 6 heteroatoms. The summed E-state index contributed by atoms with van der Waals surface area (Å²) in [5.74, 6) is -0.468. The zero-order valence-corrected chi connectivity index (χ0v) is 12.2. The van der Waals surface area contributed by atoms with E-state index in [0.717, 1.165) is 6.42 Å². The molecule has 0 radical (unpaired) electrons. The predicted octanol–water partition coefficient (Wildman–Crippen LogP) is -0.339. The number of carbonyl (C=O) groups is 2. The molecule has 114 valence electrons. The Hall–Kier alpha value is -1.92. The van der Waals surface area contributed by atoms with Gasteiger partial charge in [-0.05, 0) is 17.5 Å². The Kier molecular flexibility index (Phi) is 5.30. The van der Waals surface area contributed by atoms with Gasteiger partial charge in [0.05, 0.1) is 13.2 Å². The second-order valence-corrected chi connectivity index (χ2v) is 5.11. The molecule has 1 aromatic rings. The fourth-order valence-electron chi connectivity index (χ4n) is 2.37. The third-order valence-electron chi connectivity index (χ3n) is 3.58. The number of hydrogen-bond donors (Lipinski definition) is 2. The molecule has 0 saturated carbocycles. The Balaban J connectivity index is 1.84. The summed E-state index contributed by atoms with van der Waals surface area (Å²) in [5, 5.41) is 2.55. The van der Waals surface area contributed by atoms with Crippen LogP contribution in [0.5, 0.6) is 0 Å². The average molecular weight is 291 g/mol. The molecule has 1 heterocycles. The van der Waals surface area contributed by atoms with Gasteiger partial charge >= 0.3 is 0 Å². The zero-order chi connectivity index (χ0) is 15.2. The molecule has 0 fully saturated rings. The number of nitrogens with one attached hydrogen (secondary N) is 1. The van der Waals surface area contributed by atoms with Crippen molar-refractivity contribution in [2.75, 3.05) is 26.8 Å². The molecule has 0 bridgehead atoms. The molecule has 2 rings (SSSR count). The molecule has 1 aliphatic heterocycles. The molecule has 0 saturated heterocycles. The lowest BCUT2D eigenvalue weighted by molar-refractivity contribution is -0.134. The van der Waals surface area contributed by atoms with Crippen LogP contribution in [0.2, 0.25) is 0 Å². The number of carbonyl (C=O) groups excluding carboxylic acids is 2. The molecule has 0 aromatic heterocycles. The van der Waals surface area contributed by atoms with E-state index in [1.165, 1.54) is 18.2 Å². The van der Waals surface area contributed by atoms with E-state index in [4.69, 9.17) is 10.5 Å². The number of rotatable bonds is 5. The predicted molar refractivity (Wildman–Crippen MR) is 78.4 cm³/mol. The van der Waals surface area contributed by atoms with Crippen LogP contribution < -0.4 is 11.1 Å². The molecule has 1 aliphatic rings. The molecule has 0 spiro atoms. The summed E-state index contributed by atoms with van der Waals surface area (Å²) >= 11 is 0. The number of ether oxygens (including phenoxy) is 1. The summed E-state index contributed by atoms with van der Waals surface area (Å²) in [6.07, 6.45) is 0.846. The highest BCUT2D eigenvalue weighted by molar-refractivity contribution is 5.87. The molecular weight excluding hydrogens is 270 g/mol. The van der Waals surface area contributed by atoms with Gasteiger partial charge in [0.25, 0.3) is 0 Å². The van der Waals surface area contributed by atoms with Gasteiger partial charge in [-0.2, -0.15) is 0 Å². The molecule has 3 N–H and O–H groups in total. The van der Waals surface area contributed by atoms with E-state index in [1.54, 1.807) is 4.90 Å². The SMILES string of the molecule is COCC(N)C(=O)NCC(=O)N1CCc2ccccc2C1. The summed E-state index contributed by atoms with van der Waals surface area (Å²) in [6.45, 7) is 1.38. The van der Waals surface area contributed by atoms with Crippen molar-refractivity contribution >= 4 is 11.8 Å². The van der Waals surface area contributed by atoms with Crippen molar-refractivity contribution in [3.63, 3.8) is 0 Å². The average Bonchev–Trinajstić information content (AvgIpc) is 2.52. The van der Waals surface area contributed by atoms with Crippen LogP contribution >= 0.6 is 0 Å². The molecule has 1 aromatic carbocycles. The van der Waals surface area contributed by atoms with Gasteiger partial charge in [-0.3, -0.25) is 9.59 Å². The lowest BCUT2D eigenvalue weighted by Gasteiger charge is -2.29. The standard InChI is InChI=1S/C15H21N3O3/c1-21-10-13(16)15(20)17-8-14(19)18-7-6-11-4-2-3-5-12(11)9-18/h2-5,13H,6-10,16H2,1H3,(H,17,20). The Morgan fingerprint density at radius 3 is 2.81 bits per heavy atom. The summed E-state index contributed by atoms with van der Waals surface area (Å²) < 4.78 is 4.81. The van der Waals surface area contributed by atoms with Gasteiger partial charge in [0, 0.05) is 20.2 Å². The fourth-order valence-corrected chi connectivity index (χ4v) is 2.37. The van der Waals surface area contributed by atoms with Crippen LogP contribution in [-0.4, -0.2) is 49.6 Å². The fraction of sp³-hybridized carbons (Fsp3) is 0.467. The van der Waals surface area contributed by atoms with E-state index in [0.29, 0.717) is 13.1 Å². The Morgan fingerprint density at radius 1 is 1.38 bits per heavy atom. The number of nitrogens with zero attached hydrogens (tertiary/aromatic N) is 1. The maximum absolute atomic E-state index is 12.1. The van der Waals surface area contributed by atoms with Crippen molar-refractivity contribution < 1.29 is 14.3 Å². The Morgan fingerprint density at radius 2 is 2.10 bits per heavy atom. The van der Waals surface area contributed by atoms with E-state index in [2.05, 4.69) is 11.4 Å². The van der Waals surface area contributed by atoms with Gasteiger partial charge in [-0.1, -0.05) is 24.3 Å². The smallest absolute Gasteiger partial charge is 0.242 e. The van der Waals surface area contributed by atoms with Gasteiger partial charge in [-0.15, -0.1) is 0 Å². The van der Waals surface area contributed by atoms with E-state index < -0.39 is 6.04 Å². The third-order valence-corrected chi connectivity index (χ3v) is 3.58. The van der Waals surface area contributed by atoms with Crippen LogP contribution in [0, 0.1) is 0 Å². The van der Waals surface area contributed by atoms with Crippen LogP contribution in [0.15, 0.2) is 24.3 Å². The van der Waals surface area contributed by atoms with Crippen molar-refractivity contribution in [1.82, 2.24) is 10.2 Å². The van der Waals surface area contributed by atoms with Crippen molar-refractivity contribution in [2.24, 2.45) is 5.73 Å². The Bertz CT molecular complexity index is 519. The van der Waals surface area contributed by atoms with Crippen LogP contribution in [0.25, 0.3) is 0 Å². The van der Waals surface area contributed by atoms with Gasteiger partial charge in [-0.25, -0.2) is 0 Å². The minimum Gasteiger partial charge on any atom is -0.383 e. The quantitative estimate of drug-likeness (QED) is 0.777. The van der Waals surface area contributed by atoms with Crippen molar-refractivity contribution in [3.8, 4) is 0 Å². The second kappa shape index (κ2) is 7.19. The highest BCUT2D eigenvalue weighted by Gasteiger charge is 2.21. The van der Waals surface area contributed by atoms with Crippen LogP contribution in [0.4, 0.5) is 0 Å². The molecular formula is C15H21N3O3. The van der Waals surface area contributed by atoms with E-state index >= 15 is 0 Å². The van der Waals surface area contributed by atoms with Crippen molar-refractivity contribution in [3.05, 3.63) is 35.4 Å². The topological polar surface area (TPSA) is 84.7 Å². The summed E-state index contributed by atoms with van der Waals surface area (Å²) in [7, 11) is 1.48. The number of hydrogen-bond acceptors (Lipinski definition) is 4. The lowest BCUT2D eigenvalue weighted by Crippen LogP contribution is -2.48. The third kappa shape index (κ3) is 4.03. The van der Waals surface area contributed by atoms with Crippen molar-refractivity contribution in [1.29, 1.82) is 0 Å². The first kappa shape index (κ1) is 15.5. The molecule has 1 unspecified atom stereocenters. The maximum Gasteiger partial charge on any atom is 0.242 e. The molecule has 21 heavy (non-hydrogen) atoms.